The highest BCUT2D eigenvalue weighted by Gasteiger charge is 2.27. The summed E-state index contributed by atoms with van der Waals surface area (Å²) in [7, 11) is 0. The van der Waals surface area contributed by atoms with Gasteiger partial charge in [-0.15, -0.1) is 0 Å². The van der Waals surface area contributed by atoms with E-state index in [1.807, 2.05) is 60.7 Å². The lowest BCUT2D eigenvalue weighted by Crippen LogP contribution is -2.50. The van der Waals surface area contributed by atoms with Crippen LogP contribution in [0.4, 0.5) is 11.5 Å². The predicted molar refractivity (Wildman–Crippen MR) is 139 cm³/mol. The lowest BCUT2D eigenvalue weighted by Gasteiger charge is -2.29. The van der Waals surface area contributed by atoms with Gasteiger partial charge in [0.15, 0.2) is 0 Å². The second kappa shape index (κ2) is 10.7. The van der Waals surface area contributed by atoms with E-state index in [0.29, 0.717) is 37.7 Å². The van der Waals surface area contributed by atoms with Gasteiger partial charge in [0.05, 0.1) is 18.8 Å². The van der Waals surface area contributed by atoms with E-state index in [2.05, 4.69) is 20.5 Å². The zero-order valence-corrected chi connectivity index (χ0v) is 19.7. The molecule has 2 unspecified atom stereocenters. The number of carbonyl (C=O) groups is 1. The lowest BCUT2D eigenvalue weighted by atomic mass is 9.96. The molecule has 1 aromatic heterocycles. The van der Waals surface area contributed by atoms with Crippen LogP contribution in [0.25, 0.3) is 5.57 Å². The number of para-hydroxylation sites is 1. The van der Waals surface area contributed by atoms with Gasteiger partial charge in [-0.25, -0.2) is 4.98 Å². The highest BCUT2D eigenvalue weighted by Crippen LogP contribution is 2.32. The first kappa shape index (κ1) is 23.7. The van der Waals surface area contributed by atoms with Crippen molar-refractivity contribution in [1.29, 1.82) is 5.41 Å². The van der Waals surface area contributed by atoms with Gasteiger partial charge in [-0.3, -0.25) is 21.3 Å². The highest BCUT2D eigenvalue weighted by molar-refractivity contribution is 6.04. The highest BCUT2D eigenvalue weighted by atomic mass is 16.5. The molecule has 1 fully saturated rings. The first-order valence-electron chi connectivity index (χ1n) is 11.8. The molecule has 3 heterocycles. The number of anilines is 2. The van der Waals surface area contributed by atoms with Gasteiger partial charge in [0.25, 0.3) is 0 Å². The average molecular weight is 485 g/mol. The number of rotatable bonds is 6. The van der Waals surface area contributed by atoms with Crippen molar-refractivity contribution in [2.45, 2.75) is 12.4 Å². The summed E-state index contributed by atoms with van der Waals surface area (Å²) < 4.78 is 11.1. The maximum atomic E-state index is 13.1. The molecule has 2 aliphatic rings. The number of nitrogens with one attached hydrogen (secondary N) is 3. The first-order chi connectivity index (χ1) is 17.6. The van der Waals surface area contributed by atoms with Crippen molar-refractivity contribution in [3.63, 3.8) is 0 Å². The Bertz CT molecular complexity index is 1270. The van der Waals surface area contributed by atoms with Gasteiger partial charge in [0.1, 0.15) is 11.9 Å². The third kappa shape index (κ3) is 5.13. The zero-order valence-electron chi connectivity index (χ0n) is 19.7. The van der Waals surface area contributed by atoms with E-state index in [-0.39, 0.29) is 11.8 Å². The number of nitrogens with two attached hydrogens (primary N) is 1. The summed E-state index contributed by atoms with van der Waals surface area (Å²) in [4.78, 5) is 19.6. The van der Waals surface area contributed by atoms with Gasteiger partial charge < -0.3 is 19.7 Å². The number of amides is 1. The van der Waals surface area contributed by atoms with E-state index in [0.717, 1.165) is 22.4 Å². The maximum absolute atomic E-state index is 13.1. The number of pyridine rings is 1. The molecule has 0 radical (unpaired) electrons. The molecule has 0 aliphatic carbocycles. The van der Waals surface area contributed by atoms with Crippen molar-refractivity contribution in [1.82, 2.24) is 10.3 Å². The summed E-state index contributed by atoms with van der Waals surface area (Å²) in [6, 6.07) is 20.2. The summed E-state index contributed by atoms with van der Waals surface area (Å²) in [5.41, 5.74) is 10.3. The smallest absolute Gasteiger partial charge is 0.245 e. The zero-order chi connectivity index (χ0) is 24.9. The molecule has 2 aliphatic heterocycles. The maximum Gasteiger partial charge on any atom is 0.245 e. The number of hydrogen-bond donors (Lipinski definition) is 4. The molecule has 1 amide bonds. The minimum atomic E-state index is -1.11. The molecule has 0 bridgehead atoms. The van der Waals surface area contributed by atoms with Crippen molar-refractivity contribution in [3.05, 3.63) is 95.7 Å². The second-order valence-corrected chi connectivity index (χ2v) is 8.47. The number of hydrogen-bond acceptors (Lipinski definition) is 8. The molecule has 184 valence electrons. The minimum absolute atomic E-state index is 0.130. The van der Waals surface area contributed by atoms with E-state index in [9.17, 15) is 4.79 Å². The van der Waals surface area contributed by atoms with E-state index in [1.54, 1.807) is 18.3 Å². The van der Waals surface area contributed by atoms with Crippen LogP contribution in [0.3, 0.4) is 0 Å². The molecule has 3 aromatic rings. The van der Waals surface area contributed by atoms with E-state index in [1.165, 1.54) is 0 Å². The van der Waals surface area contributed by atoms with E-state index < -0.39 is 12.4 Å². The molecular formula is C27H28N6O3. The number of ether oxygens (including phenoxy) is 2. The second-order valence-electron chi connectivity index (χ2n) is 8.47. The number of benzene rings is 2. The fraction of sp³-hybridized carbons (Fsp3) is 0.222. The fourth-order valence-corrected chi connectivity index (χ4v) is 4.37. The number of morpholine rings is 1. The van der Waals surface area contributed by atoms with Crippen molar-refractivity contribution in [2.24, 2.45) is 5.73 Å². The number of fused-ring (bicyclic) bond motifs is 1. The Hall–Kier alpha value is -4.05. The average Bonchev–Trinajstić information content (AvgIpc) is 3.05. The summed E-state index contributed by atoms with van der Waals surface area (Å²) in [5, 5.41) is 14.5. The van der Waals surface area contributed by atoms with Crippen LogP contribution < -0.4 is 21.3 Å². The Morgan fingerprint density at radius 1 is 1.11 bits per heavy atom. The van der Waals surface area contributed by atoms with Crippen LogP contribution >= 0.6 is 0 Å². The molecule has 9 nitrogen and oxygen atoms in total. The van der Waals surface area contributed by atoms with Gasteiger partial charge >= 0.3 is 0 Å². The van der Waals surface area contributed by atoms with E-state index >= 15 is 0 Å². The molecule has 5 rings (SSSR count). The molecule has 5 N–H and O–H groups in total. The Labute approximate surface area is 209 Å². The van der Waals surface area contributed by atoms with Crippen LogP contribution in [0, 0.1) is 5.41 Å². The standard InChI is InChI=1S/C27H28N6O3/c28-24(20-10-6-12-30-25(20)33-13-15-35-16-14-33)36-27(29)32-23-17-21(18-7-2-1-3-8-18)19-9-4-5-11-22(19)31-26(23)34/h1-12,17,23,27-28,32H,13-16,29H2,(H,31,34). The Kier molecular flexibility index (Phi) is 7.03. The van der Waals surface area contributed by atoms with Crippen LogP contribution in [0.2, 0.25) is 0 Å². The molecule has 2 aromatic carbocycles. The van der Waals surface area contributed by atoms with Crippen LogP contribution in [-0.4, -0.2) is 55.5 Å². The van der Waals surface area contributed by atoms with Crippen LogP contribution in [-0.2, 0) is 14.3 Å². The van der Waals surface area contributed by atoms with Crippen molar-refractivity contribution in [3.8, 4) is 0 Å². The van der Waals surface area contributed by atoms with Gasteiger partial charge in [0.2, 0.25) is 18.2 Å². The predicted octanol–water partition coefficient (Wildman–Crippen LogP) is 2.54. The molecule has 0 spiro atoms. The quantitative estimate of drug-likeness (QED) is 0.241. The SMILES string of the molecule is N=C(OC(N)NC1C=C(c2ccccc2)c2ccccc2NC1=O)c1cccnc1N1CCOCC1. The van der Waals surface area contributed by atoms with Crippen LogP contribution in [0.1, 0.15) is 16.7 Å². The molecule has 0 saturated carbocycles. The molecule has 2 atom stereocenters. The summed E-state index contributed by atoms with van der Waals surface area (Å²) in [6.45, 7) is 2.55. The minimum Gasteiger partial charge on any atom is -0.445 e. The van der Waals surface area contributed by atoms with Crippen molar-refractivity contribution in [2.75, 3.05) is 36.5 Å². The Balaban J connectivity index is 1.36. The summed E-state index contributed by atoms with van der Waals surface area (Å²) in [6.07, 6.45) is 2.41. The van der Waals surface area contributed by atoms with Gasteiger partial charge in [-0.1, -0.05) is 48.5 Å². The normalized spacial score (nSPS) is 18.4. The third-order valence-electron chi connectivity index (χ3n) is 6.11. The molecule has 1 saturated heterocycles. The van der Waals surface area contributed by atoms with Crippen LogP contribution in [0.5, 0.6) is 0 Å². The van der Waals surface area contributed by atoms with Gasteiger partial charge in [-0.2, -0.15) is 0 Å². The van der Waals surface area contributed by atoms with Crippen molar-refractivity contribution < 1.29 is 14.3 Å². The topological polar surface area (TPSA) is 126 Å². The van der Waals surface area contributed by atoms with E-state index in [4.69, 9.17) is 20.6 Å². The Morgan fingerprint density at radius 3 is 2.67 bits per heavy atom. The van der Waals surface area contributed by atoms with Crippen LogP contribution in [0.15, 0.2) is 79.0 Å². The van der Waals surface area contributed by atoms with Gasteiger partial charge in [0, 0.05) is 30.5 Å². The number of carbonyl (C=O) groups excluding carboxylic acids is 1. The molecule has 9 heteroatoms. The Morgan fingerprint density at radius 2 is 1.86 bits per heavy atom. The summed E-state index contributed by atoms with van der Waals surface area (Å²) in [5.74, 6) is 0.246. The molecule has 36 heavy (non-hydrogen) atoms. The third-order valence-corrected chi connectivity index (χ3v) is 6.11. The monoisotopic (exact) mass is 484 g/mol. The largest absolute Gasteiger partial charge is 0.445 e. The van der Waals surface area contributed by atoms with Crippen molar-refractivity contribution >= 4 is 28.9 Å². The first-order valence-corrected chi connectivity index (χ1v) is 11.8. The fourth-order valence-electron chi connectivity index (χ4n) is 4.37. The summed E-state index contributed by atoms with van der Waals surface area (Å²) >= 11 is 0. The number of aromatic nitrogens is 1. The molecular weight excluding hydrogens is 456 g/mol. The number of nitrogens with zero attached hydrogens (tertiary/aromatic N) is 2. The van der Waals surface area contributed by atoms with Gasteiger partial charge in [-0.05, 0) is 35.4 Å². The lowest BCUT2D eigenvalue weighted by molar-refractivity contribution is -0.117.